The lowest BCUT2D eigenvalue weighted by atomic mass is 9.86. The molecule has 1 unspecified atom stereocenters. The van der Waals surface area contributed by atoms with Crippen molar-refractivity contribution in [1.29, 1.82) is 0 Å². The molecule has 2 amide bonds. The minimum absolute atomic E-state index is 0.00460. The van der Waals surface area contributed by atoms with E-state index in [4.69, 9.17) is 9.47 Å². The Morgan fingerprint density at radius 1 is 1.14 bits per heavy atom. The highest BCUT2D eigenvalue weighted by atomic mass is 19.1. The van der Waals surface area contributed by atoms with Gasteiger partial charge in [0.15, 0.2) is 11.4 Å². The molecule has 2 bridgehead atoms. The third kappa shape index (κ3) is 4.31. The number of aromatic nitrogens is 1. The summed E-state index contributed by atoms with van der Waals surface area (Å²) in [4.78, 5) is 43.4. The fraction of sp³-hybridized carbons (Fsp3) is 0.323. The summed E-state index contributed by atoms with van der Waals surface area (Å²) in [5.41, 5.74) is -1.68. The predicted octanol–water partition coefficient (Wildman–Crippen LogP) is 3.20. The van der Waals surface area contributed by atoms with Crippen molar-refractivity contribution in [3.63, 3.8) is 0 Å². The number of nitrogens with zero attached hydrogens (tertiary/aromatic N) is 2. The number of ether oxygens (including phenoxy) is 2. The lowest BCUT2D eigenvalue weighted by Crippen LogP contribution is -2.59. The van der Waals surface area contributed by atoms with Crippen LogP contribution in [0.25, 0.3) is 0 Å². The Hall–Kier alpha value is -4.35. The summed E-state index contributed by atoms with van der Waals surface area (Å²) in [6.45, 7) is 1.61. The van der Waals surface area contributed by atoms with Gasteiger partial charge < -0.3 is 29.4 Å². The van der Waals surface area contributed by atoms with Gasteiger partial charge in [0.25, 0.3) is 11.8 Å². The molecule has 11 heteroatoms. The number of carbonyl (C=O) groups is 2. The van der Waals surface area contributed by atoms with Crippen LogP contribution in [-0.4, -0.2) is 52.2 Å². The maximum absolute atomic E-state index is 14.3. The van der Waals surface area contributed by atoms with Crippen molar-refractivity contribution in [1.82, 2.24) is 14.8 Å². The number of nitrogens with one attached hydrogen (secondary N) is 1. The molecule has 2 aromatic carbocycles. The standard InChI is InChI=1S/C31H29F2N3O6/c1-17-8-11-23(41-2)31-13-22(37)25-24(29(39)34-14-19-9-10-20(32)12-21(19)33)27(38)28(42-15-18-6-4-3-5-7-18)26(36(25)31)30(40)35(17)16-31/h3-12,17,22-23,37H,13-16H2,1-2H3,(H,34,39)/t17-,22?,23-,31+/m0/s1. The Balaban J connectivity index is 1.53. The number of methoxy groups -OCH3 is 1. The van der Waals surface area contributed by atoms with E-state index in [2.05, 4.69) is 5.32 Å². The molecule has 4 heterocycles. The van der Waals surface area contributed by atoms with Crippen molar-refractivity contribution in [2.24, 2.45) is 0 Å². The van der Waals surface area contributed by atoms with E-state index >= 15 is 0 Å². The normalized spacial score (nSPS) is 23.9. The number of benzene rings is 2. The van der Waals surface area contributed by atoms with Crippen LogP contribution in [0.5, 0.6) is 5.75 Å². The number of hydrogen-bond donors (Lipinski definition) is 2. The van der Waals surface area contributed by atoms with Crippen LogP contribution in [0.3, 0.4) is 0 Å². The van der Waals surface area contributed by atoms with Gasteiger partial charge in [0.2, 0.25) is 5.43 Å². The molecule has 42 heavy (non-hydrogen) atoms. The second-order valence-electron chi connectivity index (χ2n) is 10.8. The second kappa shape index (κ2) is 10.5. The number of aliphatic hydroxyl groups excluding tert-OH is 1. The van der Waals surface area contributed by atoms with E-state index in [0.29, 0.717) is 6.07 Å². The van der Waals surface area contributed by atoms with Crippen molar-refractivity contribution in [3.05, 3.63) is 111 Å². The van der Waals surface area contributed by atoms with E-state index in [1.807, 2.05) is 25.1 Å². The lowest BCUT2D eigenvalue weighted by molar-refractivity contribution is -0.0110. The van der Waals surface area contributed by atoms with Gasteiger partial charge in [-0.1, -0.05) is 48.6 Å². The minimum atomic E-state index is -1.30. The second-order valence-corrected chi connectivity index (χ2v) is 10.8. The average molecular weight is 578 g/mol. The van der Waals surface area contributed by atoms with Crippen LogP contribution in [0.1, 0.15) is 57.1 Å². The molecule has 4 atom stereocenters. The molecule has 0 radical (unpaired) electrons. The maximum atomic E-state index is 14.3. The van der Waals surface area contributed by atoms with Crippen molar-refractivity contribution in [3.8, 4) is 5.75 Å². The summed E-state index contributed by atoms with van der Waals surface area (Å²) < 4.78 is 41.2. The summed E-state index contributed by atoms with van der Waals surface area (Å²) >= 11 is 0. The summed E-state index contributed by atoms with van der Waals surface area (Å²) in [7, 11) is 1.52. The fourth-order valence-corrected chi connectivity index (χ4v) is 6.32. The van der Waals surface area contributed by atoms with Crippen LogP contribution in [0.2, 0.25) is 0 Å². The molecule has 0 aliphatic carbocycles. The van der Waals surface area contributed by atoms with Gasteiger partial charge in [-0.2, -0.15) is 0 Å². The highest BCUT2D eigenvalue weighted by Crippen LogP contribution is 2.50. The van der Waals surface area contributed by atoms with Crippen LogP contribution >= 0.6 is 0 Å². The van der Waals surface area contributed by atoms with E-state index in [9.17, 15) is 28.3 Å². The van der Waals surface area contributed by atoms with Crippen LogP contribution in [0.4, 0.5) is 8.78 Å². The zero-order valence-electron chi connectivity index (χ0n) is 23.0. The number of amides is 2. The molecule has 3 aliphatic heterocycles. The number of fused-ring (bicyclic) bond motifs is 1. The summed E-state index contributed by atoms with van der Waals surface area (Å²) in [5, 5.41) is 13.9. The zero-order valence-corrected chi connectivity index (χ0v) is 23.0. The Morgan fingerprint density at radius 2 is 1.90 bits per heavy atom. The molecule has 0 fully saturated rings. The molecule has 3 aromatic rings. The first kappa shape index (κ1) is 27.8. The largest absolute Gasteiger partial charge is 0.483 e. The Kier molecular flexibility index (Phi) is 6.94. The van der Waals surface area contributed by atoms with Crippen molar-refractivity contribution in [2.45, 2.75) is 50.3 Å². The van der Waals surface area contributed by atoms with Gasteiger partial charge >= 0.3 is 0 Å². The number of aliphatic hydroxyl groups is 1. The quantitative estimate of drug-likeness (QED) is 0.418. The molecule has 0 saturated carbocycles. The van der Waals surface area contributed by atoms with Crippen molar-refractivity contribution >= 4 is 11.8 Å². The molecule has 0 saturated heterocycles. The predicted molar refractivity (Wildman–Crippen MR) is 147 cm³/mol. The number of rotatable bonds is 7. The maximum Gasteiger partial charge on any atom is 0.275 e. The lowest BCUT2D eigenvalue weighted by Gasteiger charge is -2.46. The van der Waals surface area contributed by atoms with Gasteiger partial charge in [-0.05, 0) is 18.6 Å². The zero-order chi connectivity index (χ0) is 29.8. The molecule has 2 N–H and O–H groups in total. The number of hydrogen-bond acceptors (Lipinski definition) is 6. The third-order valence-electron chi connectivity index (χ3n) is 8.33. The van der Waals surface area contributed by atoms with Gasteiger partial charge in [-0.3, -0.25) is 14.4 Å². The Bertz CT molecular complexity index is 1670. The molecule has 1 spiro atoms. The molecule has 218 valence electrons. The van der Waals surface area contributed by atoms with Gasteiger partial charge in [0, 0.05) is 44.3 Å². The van der Waals surface area contributed by atoms with Gasteiger partial charge in [0.1, 0.15) is 29.9 Å². The Labute approximate surface area is 240 Å². The van der Waals surface area contributed by atoms with E-state index in [1.54, 1.807) is 33.7 Å². The number of pyridine rings is 1. The minimum Gasteiger partial charge on any atom is -0.483 e. The molecule has 1 aromatic heterocycles. The van der Waals surface area contributed by atoms with Gasteiger partial charge in [-0.25, -0.2) is 8.78 Å². The summed E-state index contributed by atoms with van der Waals surface area (Å²) in [5.74, 6) is -3.32. The average Bonchev–Trinajstić information content (AvgIpc) is 3.19. The van der Waals surface area contributed by atoms with Gasteiger partial charge in [0.05, 0.1) is 17.3 Å². The highest BCUT2D eigenvalue weighted by molar-refractivity contribution is 6.01. The molecular formula is C31H29F2N3O6. The molecular weight excluding hydrogens is 548 g/mol. The van der Waals surface area contributed by atoms with Crippen LogP contribution in [-0.2, 0) is 23.4 Å². The molecule has 9 nitrogen and oxygen atoms in total. The first-order valence-electron chi connectivity index (χ1n) is 13.6. The van der Waals surface area contributed by atoms with E-state index in [0.717, 1.165) is 11.6 Å². The van der Waals surface area contributed by atoms with E-state index in [-0.39, 0.29) is 54.9 Å². The summed E-state index contributed by atoms with van der Waals surface area (Å²) in [6, 6.07) is 11.6. The Morgan fingerprint density at radius 3 is 2.62 bits per heavy atom. The third-order valence-corrected chi connectivity index (χ3v) is 8.33. The molecule has 3 aliphatic rings. The fourth-order valence-electron chi connectivity index (χ4n) is 6.32. The van der Waals surface area contributed by atoms with Crippen LogP contribution in [0.15, 0.2) is 65.5 Å². The summed E-state index contributed by atoms with van der Waals surface area (Å²) in [6.07, 6.45) is 1.82. The smallest absolute Gasteiger partial charge is 0.275 e. The first-order valence-corrected chi connectivity index (χ1v) is 13.6. The monoisotopic (exact) mass is 577 g/mol. The van der Waals surface area contributed by atoms with Gasteiger partial charge in [-0.15, -0.1) is 0 Å². The van der Waals surface area contributed by atoms with Crippen LogP contribution < -0.4 is 15.5 Å². The number of carbonyl (C=O) groups excluding carboxylic acids is 2. The van der Waals surface area contributed by atoms with Crippen LogP contribution in [0, 0.1) is 11.6 Å². The van der Waals surface area contributed by atoms with Crippen molar-refractivity contribution < 1.29 is 33.0 Å². The molecule has 6 rings (SSSR count). The topological polar surface area (TPSA) is 110 Å². The SMILES string of the molecule is CO[C@H]1C=C[C@H](C)N2C[C@]13CC(O)c1c(C(=O)NCc4ccc(F)cc4F)c(=O)c(OCc4ccccc4)c(n13)C2=O. The van der Waals surface area contributed by atoms with E-state index in [1.165, 1.54) is 13.2 Å². The first-order chi connectivity index (χ1) is 20.2. The van der Waals surface area contributed by atoms with Crippen molar-refractivity contribution in [2.75, 3.05) is 13.7 Å². The number of halogens is 2. The van der Waals surface area contributed by atoms with E-state index < -0.39 is 52.2 Å². The highest BCUT2D eigenvalue weighted by Gasteiger charge is 2.58.